The standard InChI is InChI=1S/C21H17N3O2/c1-15-8-10-16(11-9-15)14-24-12-4-6-18(21(24)26)20(25)23-19-7-3-2-5-17(19)13-22/h2-12H,14H2,1H3,(H,23,25). The lowest BCUT2D eigenvalue weighted by Crippen LogP contribution is -2.29. The monoisotopic (exact) mass is 343 g/mol. The molecule has 0 unspecified atom stereocenters. The van der Waals surface area contributed by atoms with Gasteiger partial charge in [-0.1, -0.05) is 42.0 Å². The Morgan fingerprint density at radius 3 is 2.54 bits per heavy atom. The summed E-state index contributed by atoms with van der Waals surface area (Å²) in [6, 6.07) is 19.7. The second-order valence-electron chi connectivity index (χ2n) is 5.95. The van der Waals surface area contributed by atoms with Crippen molar-refractivity contribution in [1.82, 2.24) is 4.57 Å². The van der Waals surface area contributed by atoms with Gasteiger partial charge in [0.25, 0.3) is 11.5 Å². The van der Waals surface area contributed by atoms with Gasteiger partial charge >= 0.3 is 0 Å². The van der Waals surface area contributed by atoms with Crippen molar-refractivity contribution in [3.05, 3.63) is 99.5 Å². The van der Waals surface area contributed by atoms with E-state index in [1.54, 1.807) is 36.5 Å². The summed E-state index contributed by atoms with van der Waals surface area (Å²) in [5.74, 6) is -0.532. The number of para-hydroxylation sites is 1. The number of aryl methyl sites for hydroxylation is 1. The number of nitrogens with zero attached hydrogens (tertiary/aromatic N) is 2. The van der Waals surface area contributed by atoms with Crippen LogP contribution in [0.5, 0.6) is 0 Å². The Bertz CT molecular complexity index is 1040. The smallest absolute Gasteiger partial charge is 0.263 e. The molecule has 0 fully saturated rings. The molecular formula is C21H17N3O2. The van der Waals surface area contributed by atoms with Gasteiger partial charge in [-0.25, -0.2) is 0 Å². The number of amides is 1. The van der Waals surface area contributed by atoms with Crippen molar-refractivity contribution in [2.24, 2.45) is 0 Å². The summed E-state index contributed by atoms with van der Waals surface area (Å²) in [6.45, 7) is 2.38. The van der Waals surface area contributed by atoms with E-state index in [1.165, 1.54) is 10.6 Å². The van der Waals surface area contributed by atoms with Crippen LogP contribution in [-0.4, -0.2) is 10.5 Å². The topological polar surface area (TPSA) is 74.9 Å². The van der Waals surface area contributed by atoms with Crippen LogP contribution in [0, 0.1) is 18.3 Å². The number of aromatic nitrogens is 1. The molecule has 0 atom stereocenters. The van der Waals surface area contributed by atoms with Crippen LogP contribution < -0.4 is 10.9 Å². The van der Waals surface area contributed by atoms with Crippen LogP contribution in [-0.2, 0) is 6.54 Å². The number of carbonyl (C=O) groups is 1. The summed E-state index contributed by atoms with van der Waals surface area (Å²) in [6.07, 6.45) is 1.65. The van der Waals surface area contributed by atoms with Gasteiger partial charge in [0, 0.05) is 6.20 Å². The fourth-order valence-corrected chi connectivity index (χ4v) is 2.60. The van der Waals surface area contributed by atoms with E-state index in [-0.39, 0.29) is 11.1 Å². The predicted molar refractivity (Wildman–Crippen MR) is 100 cm³/mol. The molecule has 0 saturated carbocycles. The number of hydrogen-bond donors (Lipinski definition) is 1. The Balaban J connectivity index is 1.87. The summed E-state index contributed by atoms with van der Waals surface area (Å²) in [4.78, 5) is 25.2. The predicted octanol–water partition coefficient (Wildman–Crippen LogP) is 3.33. The van der Waals surface area contributed by atoms with E-state index in [4.69, 9.17) is 5.26 Å². The zero-order valence-corrected chi connectivity index (χ0v) is 14.3. The van der Waals surface area contributed by atoms with Crippen molar-refractivity contribution in [1.29, 1.82) is 5.26 Å². The third kappa shape index (κ3) is 3.70. The number of pyridine rings is 1. The maximum absolute atomic E-state index is 12.7. The lowest BCUT2D eigenvalue weighted by Gasteiger charge is -2.10. The minimum absolute atomic E-state index is 0.0346. The maximum atomic E-state index is 12.7. The first-order valence-electron chi connectivity index (χ1n) is 8.14. The molecule has 0 aliphatic rings. The molecule has 5 heteroatoms. The van der Waals surface area contributed by atoms with Crippen molar-refractivity contribution < 1.29 is 4.79 Å². The van der Waals surface area contributed by atoms with Crippen molar-refractivity contribution in [2.75, 3.05) is 5.32 Å². The second kappa shape index (κ2) is 7.49. The van der Waals surface area contributed by atoms with Gasteiger partial charge in [0.2, 0.25) is 0 Å². The SMILES string of the molecule is Cc1ccc(Cn2cccc(C(=O)Nc3ccccc3C#N)c2=O)cc1. The number of benzene rings is 2. The Morgan fingerprint density at radius 2 is 1.81 bits per heavy atom. The molecule has 1 amide bonds. The quantitative estimate of drug-likeness (QED) is 0.789. The molecule has 3 aromatic rings. The largest absolute Gasteiger partial charge is 0.321 e. The van der Waals surface area contributed by atoms with Crippen molar-refractivity contribution in [2.45, 2.75) is 13.5 Å². The van der Waals surface area contributed by atoms with E-state index >= 15 is 0 Å². The molecule has 1 heterocycles. The van der Waals surface area contributed by atoms with Gasteiger partial charge < -0.3 is 9.88 Å². The molecule has 26 heavy (non-hydrogen) atoms. The molecule has 0 aliphatic carbocycles. The first-order chi connectivity index (χ1) is 12.6. The van der Waals surface area contributed by atoms with Crippen molar-refractivity contribution in [3.63, 3.8) is 0 Å². The molecule has 1 N–H and O–H groups in total. The fraction of sp³-hybridized carbons (Fsp3) is 0.0952. The number of carbonyl (C=O) groups excluding carboxylic acids is 1. The highest BCUT2D eigenvalue weighted by Gasteiger charge is 2.14. The zero-order chi connectivity index (χ0) is 18.5. The summed E-state index contributed by atoms with van der Waals surface area (Å²) < 4.78 is 1.50. The first-order valence-corrected chi connectivity index (χ1v) is 8.14. The Morgan fingerprint density at radius 1 is 1.08 bits per heavy atom. The lowest BCUT2D eigenvalue weighted by atomic mass is 10.1. The molecule has 0 spiro atoms. The van der Waals surface area contributed by atoms with Crippen LogP contribution in [0.1, 0.15) is 27.0 Å². The third-order valence-electron chi connectivity index (χ3n) is 4.03. The van der Waals surface area contributed by atoms with E-state index in [0.29, 0.717) is 17.8 Å². The Labute approximate surface area is 151 Å². The minimum atomic E-state index is -0.532. The molecule has 2 aromatic carbocycles. The van der Waals surface area contributed by atoms with Crippen LogP contribution in [0.2, 0.25) is 0 Å². The van der Waals surface area contributed by atoms with E-state index in [1.807, 2.05) is 37.3 Å². The van der Waals surface area contributed by atoms with E-state index in [9.17, 15) is 9.59 Å². The average Bonchev–Trinajstić information content (AvgIpc) is 2.65. The summed E-state index contributed by atoms with van der Waals surface area (Å²) >= 11 is 0. The van der Waals surface area contributed by atoms with Crippen LogP contribution in [0.3, 0.4) is 0 Å². The molecule has 0 saturated heterocycles. The Hall–Kier alpha value is -3.65. The van der Waals surface area contributed by atoms with Gasteiger partial charge in [0.05, 0.1) is 17.8 Å². The van der Waals surface area contributed by atoms with Gasteiger partial charge in [-0.2, -0.15) is 5.26 Å². The zero-order valence-electron chi connectivity index (χ0n) is 14.3. The summed E-state index contributed by atoms with van der Waals surface area (Å²) in [5, 5.41) is 11.8. The lowest BCUT2D eigenvalue weighted by molar-refractivity contribution is 0.102. The fourth-order valence-electron chi connectivity index (χ4n) is 2.60. The highest BCUT2D eigenvalue weighted by atomic mass is 16.2. The molecule has 128 valence electrons. The third-order valence-corrected chi connectivity index (χ3v) is 4.03. The normalized spacial score (nSPS) is 10.2. The van der Waals surface area contributed by atoms with E-state index < -0.39 is 5.91 Å². The van der Waals surface area contributed by atoms with Gasteiger partial charge in [-0.3, -0.25) is 9.59 Å². The molecule has 0 aliphatic heterocycles. The molecule has 0 radical (unpaired) electrons. The van der Waals surface area contributed by atoms with Crippen LogP contribution in [0.25, 0.3) is 0 Å². The van der Waals surface area contributed by atoms with Gasteiger partial charge in [0.15, 0.2) is 0 Å². The molecule has 1 aromatic heterocycles. The highest BCUT2D eigenvalue weighted by Crippen LogP contribution is 2.14. The van der Waals surface area contributed by atoms with E-state index in [0.717, 1.165) is 11.1 Å². The Kier molecular flexibility index (Phi) is 4.95. The van der Waals surface area contributed by atoms with Gasteiger partial charge in [0.1, 0.15) is 11.6 Å². The molecule has 5 nitrogen and oxygen atoms in total. The summed E-state index contributed by atoms with van der Waals surface area (Å²) in [7, 11) is 0. The van der Waals surface area contributed by atoms with Crippen molar-refractivity contribution in [3.8, 4) is 6.07 Å². The highest BCUT2D eigenvalue weighted by molar-refractivity contribution is 6.04. The van der Waals surface area contributed by atoms with Gasteiger partial charge in [-0.15, -0.1) is 0 Å². The van der Waals surface area contributed by atoms with Crippen LogP contribution in [0.15, 0.2) is 71.7 Å². The van der Waals surface area contributed by atoms with E-state index in [2.05, 4.69) is 5.32 Å². The number of hydrogen-bond acceptors (Lipinski definition) is 3. The molecule has 0 bridgehead atoms. The number of rotatable bonds is 4. The molecular weight excluding hydrogens is 326 g/mol. The number of anilines is 1. The first kappa shape index (κ1) is 17.2. The minimum Gasteiger partial charge on any atom is -0.321 e. The van der Waals surface area contributed by atoms with Crippen molar-refractivity contribution >= 4 is 11.6 Å². The van der Waals surface area contributed by atoms with Crippen LogP contribution >= 0.6 is 0 Å². The van der Waals surface area contributed by atoms with Crippen LogP contribution in [0.4, 0.5) is 5.69 Å². The second-order valence-corrected chi connectivity index (χ2v) is 5.95. The van der Waals surface area contributed by atoms with Gasteiger partial charge in [-0.05, 0) is 36.8 Å². The average molecular weight is 343 g/mol. The maximum Gasteiger partial charge on any atom is 0.263 e. The number of nitrogens with one attached hydrogen (secondary N) is 1. The molecule has 3 rings (SSSR count). The number of nitriles is 1. The summed E-state index contributed by atoms with van der Waals surface area (Å²) in [5.41, 5.74) is 2.51.